The molecule has 3 rings (SSSR count). The Morgan fingerprint density at radius 1 is 0.968 bits per heavy atom. The summed E-state index contributed by atoms with van der Waals surface area (Å²) >= 11 is 12.1. The Hall–Kier alpha value is -3.22. The van der Waals surface area contributed by atoms with Crippen molar-refractivity contribution in [1.82, 2.24) is 5.43 Å². The average Bonchev–Trinajstić information content (AvgIpc) is 2.78. The van der Waals surface area contributed by atoms with Gasteiger partial charge in [0.25, 0.3) is 5.91 Å². The van der Waals surface area contributed by atoms with Crippen LogP contribution >= 0.6 is 23.2 Å². The summed E-state index contributed by atoms with van der Waals surface area (Å²) in [5, 5.41) is 5.06. The zero-order valence-corrected chi connectivity index (χ0v) is 18.4. The predicted molar refractivity (Wildman–Crippen MR) is 122 cm³/mol. The number of rotatable bonds is 8. The molecule has 0 bridgehead atoms. The van der Waals surface area contributed by atoms with Gasteiger partial charge in [-0.1, -0.05) is 41.4 Å². The maximum absolute atomic E-state index is 12.6. The third kappa shape index (κ3) is 5.90. The maximum Gasteiger partial charge on any atom is 0.275 e. The van der Waals surface area contributed by atoms with Gasteiger partial charge in [-0.25, -0.2) is 5.43 Å². The van der Waals surface area contributed by atoms with E-state index in [1.807, 2.05) is 0 Å². The van der Waals surface area contributed by atoms with Gasteiger partial charge in [0, 0.05) is 15.6 Å². The van der Waals surface area contributed by atoms with Crippen LogP contribution in [0.3, 0.4) is 0 Å². The minimum atomic E-state index is -0.408. The number of para-hydroxylation sites is 1. The van der Waals surface area contributed by atoms with Crippen LogP contribution in [-0.2, 0) is 6.61 Å². The lowest BCUT2D eigenvalue weighted by Gasteiger charge is -2.11. The number of hydrogen-bond donors (Lipinski definition) is 1. The quantitative estimate of drug-likeness (QED) is 0.364. The second-order valence-corrected chi connectivity index (χ2v) is 7.18. The van der Waals surface area contributed by atoms with Gasteiger partial charge in [-0.2, -0.15) is 5.10 Å². The molecular formula is C23H20Cl2N2O4. The molecular weight excluding hydrogens is 439 g/mol. The van der Waals surface area contributed by atoms with Crippen LogP contribution in [0.2, 0.25) is 10.0 Å². The molecule has 1 N–H and O–H groups in total. The lowest BCUT2D eigenvalue weighted by Crippen LogP contribution is -2.18. The molecule has 0 aromatic heterocycles. The Morgan fingerprint density at radius 3 is 2.48 bits per heavy atom. The van der Waals surface area contributed by atoms with E-state index in [0.29, 0.717) is 32.9 Å². The smallest absolute Gasteiger partial charge is 0.275 e. The van der Waals surface area contributed by atoms with Gasteiger partial charge in [0.15, 0.2) is 11.5 Å². The monoisotopic (exact) mass is 458 g/mol. The fourth-order valence-electron chi connectivity index (χ4n) is 2.73. The van der Waals surface area contributed by atoms with Crippen LogP contribution in [0.4, 0.5) is 0 Å². The number of ether oxygens (including phenoxy) is 3. The van der Waals surface area contributed by atoms with Crippen molar-refractivity contribution in [3.05, 3.63) is 87.4 Å². The van der Waals surface area contributed by atoms with Crippen LogP contribution in [0, 0.1) is 0 Å². The zero-order valence-electron chi connectivity index (χ0n) is 16.9. The number of carbonyl (C=O) groups is 1. The number of halogens is 2. The fourth-order valence-corrected chi connectivity index (χ4v) is 3.20. The van der Waals surface area contributed by atoms with Crippen molar-refractivity contribution >= 4 is 35.3 Å². The molecule has 0 aliphatic heterocycles. The first-order chi connectivity index (χ1) is 15.0. The summed E-state index contributed by atoms with van der Waals surface area (Å²) in [7, 11) is 3.11. The molecule has 0 saturated heterocycles. The van der Waals surface area contributed by atoms with Crippen LogP contribution in [0.5, 0.6) is 17.2 Å². The van der Waals surface area contributed by atoms with Gasteiger partial charge < -0.3 is 14.2 Å². The van der Waals surface area contributed by atoms with Crippen LogP contribution in [0.15, 0.2) is 65.8 Å². The van der Waals surface area contributed by atoms with Crippen molar-refractivity contribution in [2.75, 3.05) is 14.2 Å². The minimum absolute atomic E-state index is 0.190. The number of nitrogens with zero attached hydrogens (tertiary/aromatic N) is 1. The van der Waals surface area contributed by atoms with E-state index in [9.17, 15) is 4.79 Å². The number of carbonyl (C=O) groups excluding carboxylic acids is 1. The van der Waals surface area contributed by atoms with Crippen LogP contribution in [-0.4, -0.2) is 26.3 Å². The molecule has 0 atom stereocenters. The number of hydrazone groups is 1. The third-order valence-corrected chi connectivity index (χ3v) is 4.90. The minimum Gasteiger partial charge on any atom is -0.493 e. The maximum atomic E-state index is 12.6. The van der Waals surface area contributed by atoms with Gasteiger partial charge in [-0.15, -0.1) is 0 Å². The fraction of sp³-hybridized carbons (Fsp3) is 0.130. The first kappa shape index (κ1) is 22.5. The Labute approximate surface area is 190 Å². The summed E-state index contributed by atoms with van der Waals surface area (Å²) in [5.41, 5.74) is 4.34. The highest BCUT2D eigenvalue weighted by Crippen LogP contribution is 2.27. The van der Waals surface area contributed by atoms with Gasteiger partial charge >= 0.3 is 0 Å². The molecule has 3 aromatic carbocycles. The van der Waals surface area contributed by atoms with E-state index in [1.165, 1.54) is 6.21 Å². The van der Waals surface area contributed by atoms with Gasteiger partial charge in [-0.05, 0) is 48.0 Å². The highest BCUT2D eigenvalue weighted by molar-refractivity contribution is 6.35. The molecule has 0 saturated carbocycles. The van der Waals surface area contributed by atoms with Crippen LogP contribution < -0.4 is 19.6 Å². The highest BCUT2D eigenvalue weighted by Gasteiger charge is 2.12. The van der Waals surface area contributed by atoms with E-state index in [0.717, 1.165) is 11.1 Å². The van der Waals surface area contributed by atoms with E-state index in [1.54, 1.807) is 74.9 Å². The summed E-state index contributed by atoms with van der Waals surface area (Å²) < 4.78 is 16.3. The Morgan fingerprint density at radius 2 is 1.74 bits per heavy atom. The second kappa shape index (κ2) is 10.7. The van der Waals surface area contributed by atoms with Gasteiger partial charge in [0.05, 0.1) is 26.0 Å². The van der Waals surface area contributed by atoms with Crippen molar-refractivity contribution in [3.63, 3.8) is 0 Å². The van der Waals surface area contributed by atoms with Crippen molar-refractivity contribution in [2.24, 2.45) is 5.10 Å². The van der Waals surface area contributed by atoms with E-state index in [2.05, 4.69) is 10.5 Å². The largest absolute Gasteiger partial charge is 0.493 e. The predicted octanol–water partition coefficient (Wildman–Crippen LogP) is 5.35. The van der Waals surface area contributed by atoms with E-state index in [4.69, 9.17) is 37.4 Å². The van der Waals surface area contributed by atoms with Crippen molar-refractivity contribution in [2.45, 2.75) is 6.61 Å². The van der Waals surface area contributed by atoms with Crippen molar-refractivity contribution in [3.8, 4) is 17.2 Å². The number of nitrogens with one attached hydrogen (secondary N) is 1. The molecule has 0 aliphatic rings. The Balaban J connectivity index is 1.67. The normalized spacial score (nSPS) is 10.7. The topological polar surface area (TPSA) is 69.2 Å². The van der Waals surface area contributed by atoms with E-state index < -0.39 is 5.91 Å². The first-order valence-electron chi connectivity index (χ1n) is 9.23. The number of hydrogen-bond acceptors (Lipinski definition) is 5. The third-order valence-electron chi connectivity index (χ3n) is 4.32. The van der Waals surface area contributed by atoms with E-state index >= 15 is 0 Å². The summed E-state index contributed by atoms with van der Waals surface area (Å²) in [6.45, 7) is 0.190. The summed E-state index contributed by atoms with van der Waals surface area (Å²) in [5.74, 6) is 1.18. The molecule has 0 unspecified atom stereocenters. The molecule has 0 heterocycles. The molecule has 0 fully saturated rings. The average molecular weight is 459 g/mol. The van der Waals surface area contributed by atoms with Crippen molar-refractivity contribution < 1.29 is 19.0 Å². The number of amides is 1. The lowest BCUT2D eigenvalue weighted by atomic mass is 10.2. The molecule has 3 aromatic rings. The van der Waals surface area contributed by atoms with Gasteiger partial charge in [-0.3, -0.25) is 4.79 Å². The van der Waals surface area contributed by atoms with Gasteiger partial charge in [0.1, 0.15) is 12.4 Å². The first-order valence-corrected chi connectivity index (χ1v) is 9.98. The molecule has 31 heavy (non-hydrogen) atoms. The lowest BCUT2D eigenvalue weighted by molar-refractivity contribution is 0.0950. The molecule has 0 radical (unpaired) electrons. The Bertz CT molecular complexity index is 1100. The summed E-state index contributed by atoms with van der Waals surface area (Å²) in [4.78, 5) is 12.6. The number of benzene rings is 3. The summed E-state index contributed by atoms with van der Waals surface area (Å²) in [6, 6.07) is 17.3. The van der Waals surface area contributed by atoms with E-state index in [-0.39, 0.29) is 6.61 Å². The van der Waals surface area contributed by atoms with Crippen molar-refractivity contribution in [1.29, 1.82) is 0 Å². The standard InChI is InChI=1S/C23H20Cl2N2O4/c1-29-21-10-7-15(11-22(21)30-2)13-26-27-23(28)18-5-3-4-6-20(18)31-14-16-8-9-17(24)12-19(16)25/h3-13H,14H2,1-2H3,(H,27,28)/b26-13+. The molecule has 0 aliphatic carbocycles. The highest BCUT2D eigenvalue weighted by atomic mass is 35.5. The van der Waals surface area contributed by atoms with Crippen LogP contribution in [0.1, 0.15) is 21.5 Å². The second-order valence-electron chi connectivity index (χ2n) is 6.33. The molecule has 8 heteroatoms. The SMILES string of the molecule is COc1ccc(/C=N/NC(=O)c2ccccc2OCc2ccc(Cl)cc2Cl)cc1OC. The molecule has 160 valence electrons. The van der Waals surface area contributed by atoms with Gasteiger partial charge in [0.2, 0.25) is 0 Å². The molecule has 1 amide bonds. The summed E-state index contributed by atoms with van der Waals surface area (Å²) in [6.07, 6.45) is 1.51. The van der Waals surface area contributed by atoms with Crippen LogP contribution in [0.25, 0.3) is 0 Å². The zero-order chi connectivity index (χ0) is 22.2. The molecule has 0 spiro atoms. The number of methoxy groups -OCH3 is 2. The molecule has 6 nitrogen and oxygen atoms in total. The Kier molecular flexibility index (Phi) is 7.76.